The molecule has 14 heteroatoms. The summed E-state index contributed by atoms with van der Waals surface area (Å²) in [7, 11) is 5.08. The van der Waals surface area contributed by atoms with Gasteiger partial charge in [0.25, 0.3) is 5.67 Å². The van der Waals surface area contributed by atoms with E-state index >= 15 is 4.39 Å². The number of allylic oxidation sites excluding steroid dienone is 1. The third-order valence-corrected chi connectivity index (χ3v) is 12.2. The van der Waals surface area contributed by atoms with E-state index in [-0.39, 0.29) is 24.3 Å². The molecule has 14 atom stereocenters. The highest BCUT2D eigenvalue weighted by atomic mass is 19.1. The van der Waals surface area contributed by atoms with Gasteiger partial charge in [-0.1, -0.05) is 65.0 Å². The van der Waals surface area contributed by atoms with Crippen LogP contribution in [0.2, 0.25) is 0 Å². The van der Waals surface area contributed by atoms with E-state index in [2.05, 4.69) is 10.3 Å². The Kier molecular flexibility index (Phi) is 13.4. The Hall–Kier alpha value is -3.82. The van der Waals surface area contributed by atoms with E-state index in [0.29, 0.717) is 12.0 Å². The zero-order valence-corrected chi connectivity index (χ0v) is 34.1. The molecule has 13 nitrogen and oxygen atoms in total. The fourth-order valence-corrected chi connectivity index (χ4v) is 8.92. The zero-order valence-electron chi connectivity index (χ0n) is 34.1. The monoisotopic (exact) mass is 783 g/mol. The fourth-order valence-electron chi connectivity index (χ4n) is 8.92. The topological polar surface area (TPSA) is 163 Å². The van der Waals surface area contributed by atoms with Gasteiger partial charge in [0.2, 0.25) is 0 Å². The Balaban J connectivity index is 1.61. The van der Waals surface area contributed by atoms with Gasteiger partial charge in [-0.2, -0.15) is 0 Å². The standard InChI is InChI=1S/C42H58FN3O10/c1-11-31-41(7)36(45-40(51)56-41)24(4)32(47)23(3)34(52-10)25(5)35(55-38-33(48)30(46(8)9)19-22(2)53-38)26(6)37(49)42(43,39(50)54-31)18-14-15-27-20-28-16-12-13-17-29(28)44-21-27/h12-17,20-26,30-31,33-36,38,48H,11,18-19H2,1-10H3,(H,45,51)/b15-14+/t22-,23+,24-,25-,26-,30+,31+,33-,34+,35+,36?,38+,41-,42?/m1/s1. The lowest BCUT2D eigenvalue weighted by atomic mass is 9.73. The van der Waals surface area contributed by atoms with E-state index in [1.807, 2.05) is 56.3 Å². The van der Waals surface area contributed by atoms with Gasteiger partial charge in [-0.05, 0) is 58.5 Å². The van der Waals surface area contributed by atoms with Crippen LogP contribution in [0.25, 0.3) is 17.0 Å². The lowest BCUT2D eigenvalue weighted by Gasteiger charge is -2.45. The van der Waals surface area contributed by atoms with Crippen LogP contribution < -0.4 is 5.32 Å². The average molecular weight is 784 g/mol. The summed E-state index contributed by atoms with van der Waals surface area (Å²) in [5.41, 5.74) is -3.48. The van der Waals surface area contributed by atoms with Gasteiger partial charge in [0.1, 0.15) is 18.0 Å². The number of amides is 1. The molecule has 1 aromatic heterocycles. The number of aliphatic hydroxyl groups is 1. The summed E-state index contributed by atoms with van der Waals surface area (Å²) in [6.45, 7) is 11.6. The predicted molar refractivity (Wildman–Crippen MR) is 206 cm³/mol. The van der Waals surface area contributed by atoms with Crippen LogP contribution >= 0.6 is 0 Å². The Morgan fingerprint density at radius 1 is 1.05 bits per heavy atom. The highest BCUT2D eigenvalue weighted by Gasteiger charge is 2.59. The number of methoxy groups -OCH3 is 1. The zero-order chi connectivity index (χ0) is 41.3. The molecule has 3 saturated heterocycles. The first kappa shape index (κ1) is 43.3. The molecule has 3 fully saturated rings. The average Bonchev–Trinajstić information content (AvgIpc) is 3.49. The molecule has 56 heavy (non-hydrogen) atoms. The van der Waals surface area contributed by atoms with Crippen molar-refractivity contribution in [3.63, 3.8) is 0 Å². The number of carbonyl (C=O) groups excluding carboxylic acids is 4. The molecule has 0 bridgehead atoms. The Morgan fingerprint density at radius 3 is 2.41 bits per heavy atom. The number of esters is 1. The number of benzene rings is 1. The van der Waals surface area contributed by atoms with Crippen molar-refractivity contribution < 1.29 is 52.4 Å². The van der Waals surface area contributed by atoms with Gasteiger partial charge in [-0.25, -0.2) is 14.0 Å². The number of alkyl carbamates (subject to hydrolysis) is 1. The maximum Gasteiger partial charge on any atom is 0.408 e. The number of aliphatic hydroxyl groups excluding tert-OH is 1. The molecule has 0 spiro atoms. The van der Waals surface area contributed by atoms with Crippen LogP contribution in [0, 0.1) is 23.7 Å². The summed E-state index contributed by atoms with van der Waals surface area (Å²) in [4.78, 5) is 62.6. The smallest absolute Gasteiger partial charge is 0.408 e. The summed E-state index contributed by atoms with van der Waals surface area (Å²) >= 11 is 0. The van der Waals surface area contributed by atoms with Gasteiger partial charge in [-0.15, -0.1) is 0 Å². The largest absolute Gasteiger partial charge is 0.455 e. The molecule has 1 amide bonds. The molecular formula is C42H58FN3O10. The van der Waals surface area contributed by atoms with Crippen LogP contribution in [0.4, 0.5) is 9.18 Å². The van der Waals surface area contributed by atoms with E-state index < -0.39 is 96.0 Å². The number of pyridine rings is 1. The number of para-hydroxylation sites is 1. The Bertz CT molecular complexity index is 1790. The van der Waals surface area contributed by atoms with Crippen LogP contribution in [-0.2, 0) is 38.1 Å². The first-order chi connectivity index (χ1) is 26.4. The number of halogens is 1. The molecule has 4 heterocycles. The Morgan fingerprint density at radius 2 is 1.75 bits per heavy atom. The second kappa shape index (κ2) is 17.4. The van der Waals surface area contributed by atoms with Crippen molar-refractivity contribution in [1.82, 2.24) is 15.2 Å². The van der Waals surface area contributed by atoms with Gasteiger partial charge < -0.3 is 39.0 Å². The van der Waals surface area contributed by atoms with Gasteiger partial charge in [0, 0.05) is 54.8 Å². The quantitative estimate of drug-likeness (QED) is 0.271. The number of cyclic esters (lactones) is 1. The number of nitrogens with one attached hydrogen (secondary N) is 1. The van der Waals surface area contributed by atoms with Crippen LogP contribution in [0.3, 0.4) is 0 Å². The number of carbonyl (C=O) groups is 4. The van der Waals surface area contributed by atoms with Gasteiger partial charge in [0.15, 0.2) is 17.7 Å². The second-order valence-electron chi connectivity index (χ2n) is 16.2. The van der Waals surface area contributed by atoms with E-state index in [0.717, 1.165) is 10.9 Å². The molecule has 0 radical (unpaired) electrons. The molecule has 5 rings (SSSR count). The lowest BCUT2D eigenvalue weighted by molar-refractivity contribution is -0.282. The molecule has 308 valence electrons. The molecule has 3 aliphatic heterocycles. The number of Topliss-reactive ketones (excluding diaryl/α,β-unsaturated/α-hetero) is 2. The summed E-state index contributed by atoms with van der Waals surface area (Å²) in [5, 5.41) is 15.0. The number of rotatable bonds is 8. The number of nitrogens with zero attached hydrogens (tertiary/aromatic N) is 2. The highest BCUT2D eigenvalue weighted by Crippen LogP contribution is 2.40. The fraction of sp³-hybridized carbons (Fsp3) is 0.643. The van der Waals surface area contributed by atoms with Crippen molar-refractivity contribution in [2.75, 3.05) is 21.2 Å². The molecular weight excluding hydrogens is 725 g/mol. The first-order valence-electron chi connectivity index (χ1n) is 19.5. The molecule has 2 aromatic rings. The number of fused-ring (bicyclic) bond motifs is 2. The Labute approximate surface area is 328 Å². The van der Waals surface area contributed by atoms with Crippen LogP contribution in [-0.4, -0.2) is 120 Å². The first-order valence-corrected chi connectivity index (χ1v) is 19.5. The van der Waals surface area contributed by atoms with Crippen molar-refractivity contribution in [3.05, 3.63) is 48.2 Å². The molecule has 0 aliphatic carbocycles. The molecule has 2 unspecified atom stereocenters. The van der Waals surface area contributed by atoms with E-state index in [9.17, 15) is 24.3 Å². The van der Waals surface area contributed by atoms with Gasteiger partial charge >= 0.3 is 12.1 Å². The summed E-state index contributed by atoms with van der Waals surface area (Å²) in [6, 6.07) is 8.00. The normalized spacial score (nSPS) is 38.9. The van der Waals surface area contributed by atoms with Gasteiger partial charge in [-0.3, -0.25) is 14.6 Å². The third-order valence-electron chi connectivity index (χ3n) is 12.2. The number of hydrogen-bond donors (Lipinski definition) is 2. The highest BCUT2D eigenvalue weighted by molar-refractivity contribution is 6.08. The summed E-state index contributed by atoms with van der Waals surface area (Å²) in [6.07, 6.45) is -2.52. The maximum absolute atomic E-state index is 17.9. The summed E-state index contributed by atoms with van der Waals surface area (Å²) in [5.74, 6) is -6.77. The SMILES string of the molecule is CC[C@@H]1OC(=O)C(F)(C/C=C/c2cnc3ccccc3c2)C(=O)[C@H](C)[C@@H](O[C@@H]2O[C@H](C)C[C@H](N(C)C)[C@H]2O)[C@H](C)[C@@H](OC)[C@@H](C)C(=O)[C@@H](C)C2NC(=O)O[C@@]21C. The van der Waals surface area contributed by atoms with Crippen molar-refractivity contribution >= 4 is 40.6 Å². The lowest BCUT2D eigenvalue weighted by Crippen LogP contribution is -2.60. The number of ketones is 2. The number of likely N-dealkylation sites (N-methyl/N-ethyl adjacent to an activating group) is 1. The van der Waals surface area contributed by atoms with Crippen LogP contribution in [0.5, 0.6) is 0 Å². The second-order valence-corrected chi connectivity index (χ2v) is 16.2. The van der Waals surface area contributed by atoms with Crippen LogP contribution in [0.1, 0.15) is 73.3 Å². The number of alkyl halides is 1. The van der Waals surface area contributed by atoms with Gasteiger partial charge in [0.05, 0.1) is 29.9 Å². The van der Waals surface area contributed by atoms with Crippen molar-refractivity contribution in [3.8, 4) is 0 Å². The number of hydrogen-bond acceptors (Lipinski definition) is 12. The van der Waals surface area contributed by atoms with E-state index in [4.69, 9.17) is 23.7 Å². The van der Waals surface area contributed by atoms with E-state index in [1.54, 1.807) is 40.0 Å². The van der Waals surface area contributed by atoms with Crippen LogP contribution in [0.15, 0.2) is 42.6 Å². The van der Waals surface area contributed by atoms with Crippen molar-refractivity contribution in [2.24, 2.45) is 23.7 Å². The maximum atomic E-state index is 17.9. The molecule has 2 N–H and O–H groups in total. The predicted octanol–water partition coefficient (Wildman–Crippen LogP) is 5.06. The van der Waals surface area contributed by atoms with Crippen molar-refractivity contribution in [1.29, 1.82) is 0 Å². The minimum Gasteiger partial charge on any atom is -0.455 e. The minimum atomic E-state index is -3.26. The summed E-state index contributed by atoms with van der Waals surface area (Å²) < 4.78 is 48.2. The van der Waals surface area contributed by atoms with E-state index in [1.165, 1.54) is 27.0 Å². The number of aromatic nitrogens is 1. The molecule has 1 aromatic carbocycles. The third kappa shape index (κ3) is 8.40. The molecule has 0 saturated carbocycles. The van der Waals surface area contributed by atoms with Crippen molar-refractivity contribution in [2.45, 2.75) is 128 Å². The molecule has 3 aliphatic rings. The number of ether oxygens (including phenoxy) is 5. The minimum absolute atomic E-state index is 0.0637.